The highest BCUT2D eigenvalue weighted by Gasteiger charge is 2.48. The zero-order valence-electron chi connectivity index (χ0n) is 20.4. The minimum atomic E-state index is -0.978. The number of carbonyl (C=O) groups excluding carboxylic acids is 3. The summed E-state index contributed by atoms with van der Waals surface area (Å²) in [4.78, 5) is 39.6. The van der Waals surface area contributed by atoms with E-state index in [-0.39, 0.29) is 24.7 Å². The summed E-state index contributed by atoms with van der Waals surface area (Å²) < 4.78 is 26.4. The maximum Gasteiger partial charge on any atom is 0.336 e. The minimum absolute atomic E-state index is 0.0513. The van der Waals surface area contributed by atoms with Crippen LogP contribution >= 0.6 is 0 Å². The van der Waals surface area contributed by atoms with Gasteiger partial charge in [0.2, 0.25) is 0 Å². The lowest BCUT2D eigenvalue weighted by Gasteiger charge is -2.38. The fourth-order valence-corrected chi connectivity index (χ4v) is 4.62. The first-order valence-electron chi connectivity index (χ1n) is 11.0. The van der Waals surface area contributed by atoms with Crippen molar-refractivity contribution in [2.45, 2.75) is 26.2 Å². The fraction of sp³-hybridized carbons (Fsp3) is 0.480. The van der Waals surface area contributed by atoms with Crippen LogP contribution in [0.5, 0.6) is 11.5 Å². The standard InChI is InChI=1S/C25H31NO8/c1-13-11-17-22(23(27)19(13)24(28)33-6)21(16-12-15(31-4)7-8-18(16)32-5)20(14(2)26-17)25(29)34-10-9-30-3/h7-8,12-13,19,21,26H,9-11H2,1-6H3. The number of hydrogen-bond donors (Lipinski definition) is 1. The van der Waals surface area contributed by atoms with Crippen molar-refractivity contribution >= 4 is 17.7 Å². The third-order valence-corrected chi connectivity index (χ3v) is 6.23. The fourth-order valence-electron chi connectivity index (χ4n) is 4.62. The van der Waals surface area contributed by atoms with Gasteiger partial charge in [0.15, 0.2) is 5.78 Å². The van der Waals surface area contributed by atoms with Gasteiger partial charge >= 0.3 is 11.9 Å². The molecule has 2 aliphatic rings. The number of Topliss-reactive ketones (excluding diaryl/α,β-unsaturated/α-hetero) is 1. The maximum atomic E-state index is 13.8. The summed E-state index contributed by atoms with van der Waals surface area (Å²) in [7, 11) is 5.81. The number of carbonyl (C=O) groups is 3. The molecular weight excluding hydrogens is 442 g/mol. The van der Waals surface area contributed by atoms with Crippen LogP contribution in [0, 0.1) is 11.8 Å². The van der Waals surface area contributed by atoms with E-state index in [1.807, 2.05) is 6.92 Å². The van der Waals surface area contributed by atoms with Crippen molar-refractivity contribution in [3.05, 3.63) is 46.3 Å². The van der Waals surface area contributed by atoms with Crippen LogP contribution in [0.15, 0.2) is 40.7 Å². The smallest absolute Gasteiger partial charge is 0.336 e. The van der Waals surface area contributed by atoms with Crippen molar-refractivity contribution in [3.63, 3.8) is 0 Å². The largest absolute Gasteiger partial charge is 0.497 e. The van der Waals surface area contributed by atoms with Gasteiger partial charge in [-0.3, -0.25) is 9.59 Å². The summed E-state index contributed by atoms with van der Waals surface area (Å²) in [5.41, 5.74) is 2.36. The Hall–Kier alpha value is -3.33. The van der Waals surface area contributed by atoms with Gasteiger partial charge in [-0.25, -0.2) is 4.79 Å². The molecule has 1 heterocycles. The predicted molar refractivity (Wildman–Crippen MR) is 122 cm³/mol. The molecule has 3 unspecified atom stereocenters. The average Bonchev–Trinajstić information content (AvgIpc) is 2.82. The molecule has 0 spiro atoms. The normalized spacial score (nSPS) is 22.1. The van der Waals surface area contributed by atoms with Crippen LogP contribution in [0.3, 0.4) is 0 Å². The number of rotatable bonds is 8. The maximum absolute atomic E-state index is 13.8. The number of allylic oxidation sites excluding steroid dienone is 3. The zero-order valence-corrected chi connectivity index (χ0v) is 20.4. The molecule has 9 nitrogen and oxygen atoms in total. The Labute approximate surface area is 199 Å². The molecule has 0 bridgehead atoms. The summed E-state index contributed by atoms with van der Waals surface area (Å²) in [5, 5.41) is 3.23. The molecule has 1 aromatic rings. The van der Waals surface area contributed by atoms with Crippen LogP contribution < -0.4 is 14.8 Å². The quantitative estimate of drug-likeness (QED) is 0.346. The average molecular weight is 474 g/mol. The Bertz CT molecular complexity index is 1040. The Kier molecular flexibility index (Phi) is 7.98. The Morgan fingerprint density at radius 2 is 1.82 bits per heavy atom. The summed E-state index contributed by atoms with van der Waals surface area (Å²) in [6.45, 7) is 3.88. The van der Waals surface area contributed by atoms with Gasteiger partial charge < -0.3 is 29.0 Å². The molecule has 1 aromatic carbocycles. The highest BCUT2D eigenvalue weighted by atomic mass is 16.6. The first-order valence-corrected chi connectivity index (χ1v) is 11.0. The third-order valence-electron chi connectivity index (χ3n) is 6.23. The molecule has 1 aliphatic carbocycles. The van der Waals surface area contributed by atoms with Crippen LogP contribution in [0.4, 0.5) is 0 Å². The minimum Gasteiger partial charge on any atom is -0.497 e. The molecule has 3 atom stereocenters. The second-order valence-corrected chi connectivity index (χ2v) is 8.27. The number of nitrogens with one attached hydrogen (secondary N) is 1. The second-order valence-electron chi connectivity index (χ2n) is 8.27. The van der Waals surface area contributed by atoms with Crippen molar-refractivity contribution in [2.75, 3.05) is 41.7 Å². The number of dihydropyridines is 1. The number of ketones is 1. The molecule has 0 amide bonds. The highest BCUT2D eigenvalue weighted by Crippen LogP contribution is 2.48. The van der Waals surface area contributed by atoms with E-state index in [0.29, 0.717) is 40.5 Å². The van der Waals surface area contributed by atoms with Crippen LogP contribution in [0.2, 0.25) is 0 Å². The van der Waals surface area contributed by atoms with Crippen LogP contribution in [-0.4, -0.2) is 59.4 Å². The molecule has 0 saturated heterocycles. The molecule has 0 radical (unpaired) electrons. The third kappa shape index (κ3) is 4.65. The summed E-state index contributed by atoms with van der Waals surface area (Å²) >= 11 is 0. The molecule has 0 aromatic heterocycles. The van der Waals surface area contributed by atoms with Gasteiger partial charge in [0.1, 0.15) is 24.0 Å². The molecule has 1 N–H and O–H groups in total. The van der Waals surface area contributed by atoms with E-state index in [1.54, 1.807) is 25.1 Å². The monoisotopic (exact) mass is 473 g/mol. The molecule has 0 fully saturated rings. The van der Waals surface area contributed by atoms with Crippen LogP contribution in [0.25, 0.3) is 0 Å². The van der Waals surface area contributed by atoms with E-state index >= 15 is 0 Å². The number of ether oxygens (including phenoxy) is 5. The van der Waals surface area contributed by atoms with Gasteiger partial charge in [0.25, 0.3) is 0 Å². The molecule has 1 aliphatic heterocycles. The van der Waals surface area contributed by atoms with Crippen molar-refractivity contribution < 1.29 is 38.1 Å². The lowest BCUT2D eigenvalue weighted by molar-refractivity contribution is -0.151. The van der Waals surface area contributed by atoms with E-state index in [9.17, 15) is 14.4 Å². The molecular formula is C25H31NO8. The van der Waals surface area contributed by atoms with Crippen molar-refractivity contribution in [2.24, 2.45) is 11.8 Å². The lowest BCUT2D eigenvalue weighted by atomic mass is 9.69. The molecule has 0 saturated carbocycles. The molecule has 34 heavy (non-hydrogen) atoms. The SMILES string of the molecule is COCCOC(=O)C1=C(C)NC2=C(C(=O)C(C(=O)OC)C(C)C2)C1c1cc(OC)ccc1OC. The number of hydrogen-bond acceptors (Lipinski definition) is 9. The van der Waals surface area contributed by atoms with Gasteiger partial charge in [0.05, 0.1) is 39.4 Å². The van der Waals surface area contributed by atoms with Gasteiger partial charge in [-0.1, -0.05) is 6.92 Å². The van der Waals surface area contributed by atoms with E-state index in [2.05, 4.69) is 5.32 Å². The van der Waals surface area contributed by atoms with E-state index < -0.39 is 29.6 Å². The molecule has 9 heteroatoms. The number of benzene rings is 1. The van der Waals surface area contributed by atoms with Gasteiger partial charge in [0, 0.05) is 29.6 Å². The highest BCUT2D eigenvalue weighted by molar-refractivity contribution is 6.12. The van der Waals surface area contributed by atoms with Crippen molar-refractivity contribution in [1.82, 2.24) is 5.32 Å². The van der Waals surface area contributed by atoms with E-state index in [1.165, 1.54) is 28.4 Å². The predicted octanol–water partition coefficient (Wildman–Crippen LogP) is 2.51. The topological polar surface area (TPSA) is 109 Å². The van der Waals surface area contributed by atoms with Crippen LogP contribution in [-0.2, 0) is 28.6 Å². The van der Waals surface area contributed by atoms with Gasteiger partial charge in [-0.15, -0.1) is 0 Å². The molecule has 3 rings (SSSR count). The number of methoxy groups -OCH3 is 4. The zero-order chi connectivity index (χ0) is 25.0. The second kappa shape index (κ2) is 10.7. The van der Waals surface area contributed by atoms with Crippen LogP contribution in [0.1, 0.15) is 31.7 Å². The Morgan fingerprint density at radius 3 is 2.44 bits per heavy atom. The van der Waals surface area contributed by atoms with E-state index in [4.69, 9.17) is 23.7 Å². The first kappa shape index (κ1) is 25.3. The van der Waals surface area contributed by atoms with Gasteiger partial charge in [-0.05, 0) is 37.5 Å². The van der Waals surface area contributed by atoms with Crippen molar-refractivity contribution in [1.29, 1.82) is 0 Å². The lowest BCUT2D eigenvalue weighted by Crippen LogP contribution is -2.43. The molecule has 184 valence electrons. The summed E-state index contributed by atoms with van der Waals surface area (Å²) in [5.74, 6) is -2.67. The first-order chi connectivity index (χ1) is 16.3. The summed E-state index contributed by atoms with van der Waals surface area (Å²) in [6.07, 6.45) is 0.437. The Morgan fingerprint density at radius 1 is 1.09 bits per heavy atom. The van der Waals surface area contributed by atoms with Gasteiger partial charge in [-0.2, -0.15) is 0 Å². The summed E-state index contributed by atoms with van der Waals surface area (Å²) in [6, 6.07) is 5.18. The van der Waals surface area contributed by atoms with Crippen molar-refractivity contribution in [3.8, 4) is 11.5 Å². The number of esters is 2. The van der Waals surface area contributed by atoms with E-state index in [0.717, 1.165) is 0 Å². The Balaban J connectivity index is 2.22.